The summed E-state index contributed by atoms with van der Waals surface area (Å²) in [5.74, 6) is -1.97. The first-order valence-corrected chi connectivity index (χ1v) is 5.37. The molecule has 1 fully saturated rings. The Morgan fingerprint density at radius 2 is 2.00 bits per heavy atom. The van der Waals surface area contributed by atoms with Crippen molar-refractivity contribution in [1.82, 2.24) is 5.32 Å². The van der Waals surface area contributed by atoms with Crippen molar-refractivity contribution >= 4 is 17.8 Å². The summed E-state index contributed by atoms with van der Waals surface area (Å²) in [7, 11) is 0. The molecule has 0 saturated carbocycles. The zero-order chi connectivity index (χ0) is 13.0. The molecule has 1 rings (SSSR count). The molecule has 2 amide bonds. The Labute approximate surface area is 98.3 Å². The first-order chi connectivity index (χ1) is 7.90. The van der Waals surface area contributed by atoms with Gasteiger partial charge in [-0.1, -0.05) is 0 Å². The maximum Gasteiger partial charge on any atom is 0.332 e. The van der Waals surface area contributed by atoms with Crippen LogP contribution < -0.4 is 11.1 Å². The Bertz CT molecular complexity index is 331. The van der Waals surface area contributed by atoms with Crippen molar-refractivity contribution in [2.24, 2.45) is 5.73 Å². The standard InChI is InChI=1S/C10H16N2O5/c1-5(4-8(11)13)12-9(14)6-2-3-7(17-6)10(15)16/h5-7H,2-4H2,1H3,(H2,11,13)(H,12,14)(H,15,16)/t5?,6-,7+/m0/s1. The Morgan fingerprint density at radius 3 is 2.47 bits per heavy atom. The van der Waals surface area contributed by atoms with Crippen LogP contribution in [-0.4, -0.2) is 41.1 Å². The van der Waals surface area contributed by atoms with Crippen LogP contribution in [0.2, 0.25) is 0 Å². The number of amides is 2. The number of carbonyl (C=O) groups excluding carboxylic acids is 2. The van der Waals surface area contributed by atoms with E-state index in [1.165, 1.54) is 0 Å². The molecule has 96 valence electrons. The third-order valence-electron chi connectivity index (χ3n) is 2.48. The van der Waals surface area contributed by atoms with Crippen molar-refractivity contribution in [3.8, 4) is 0 Å². The van der Waals surface area contributed by atoms with Crippen LogP contribution in [0.4, 0.5) is 0 Å². The molecule has 7 heteroatoms. The van der Waals surface area contributed by atoms with Gasteiger partial charge >= 0.3 is 5.97 Å². The predicted molar refractivity (Wildman–Crippen MR) is 56.9 cm³/mol. The van der Waals surface area contributed by atoms with E-state index in [1.807, 2.05) is 0 Å². The van der Waals surface area contributed by atoms with E-state index in [1.54, 1.807) is 6.92 Å². The largest absolute Gasteiger partial charge is 0.479 e. The summed E-state index contributed by atoms with van der Waals surface area (Å²) in [6.07, 6.45) is -0.950. The summed E-state index contributed by atoms with van der Waals surface area (Å²) in [5, 5.41) is 11.3. The number of nitrogens with one attached hydrogen (secondary N) is 1. The van der Waals surface area contributed by atoms with Crippen LogP contribution in [0.3, 0.4) is 0 Å². The fraction of sp³-hybridized carbons (Fsp3) is 0.700. The average Bonchev–Trinajstić information content (AvgIpc) is 2.64. The SMILES string of the molecule is CC(CC(N)=O)NC(=O)[C@@H]1CC[C@H](C(=O)O)O1. The van der Waals surface area contributed by atoms with E-state index in [-0.39, 0.29) is 12.5 Å². The van der Waals surface area contributed by atoms with Crippen LogP contribution in [0.25, 0.3) is 0 Å². The topological polar surface area (TPSA) is 119 Å². The van der Waals surface area contributed by atoms with Crippen molar-refractivity contribution in [3.63, 3.8) is 0 Å². The van der Waals surface area contributed by atoms with Gasteiger partial charge in [0.2, 0.25) is 11.8 Å². The predicted octanol–water partition coefficient (Wildman–Crippen LogP) is -1.00. The first-order valence-electron chi connectivity index (χ1n) is 5.37. The lowest BCUT2D eigenvalue weighted by molar-refractivity contribution is -0.151. The molecular formula is C10H16N2O5. The molecule has 0 bridgehead atoms. The lowest BCUT2D eigenvalue weighted by Crippen LogP contribution is -2.42. The van der Waals surface area contributed by atoms with Crippen molar-refractivity contribution in [2.75, 3.05) is 0 Å². The van der Waals surface area contributed by atoms with E-state index < -0.39 is 30.0 Å². The van der Waals surface area contributed by atoms with Crippen LogP contribution in [0.5, 0.6) is 0 Å². The Balaban J connectivity index is 2.39. The number of hydrogen-bond acceptors (Lipinski definition) is 4. The smallest absolute Gasteiger partial charge is 0.332 e. The van der Waals surface area contributed by atoms with Gasteiger partial charge in [-0.3, -0.25) is 9.59 Å². The van der Waals surface area contributed by atoms with Crippen LogP contribution in [-0.2, 0) is 19.1 Å². The molecule has 3 atom stereocenters. The van der Waals surface area contributed by atoms with E-state index in [9.17, 15) is 14.4 Å². The van der Waals surface area contributed by atoms with Crippen LogP contribution in [0.15, 0.2) is 0 Å². The van der Waals surface area contributed by atoms with E-state index in [0.29, 0.717) is 12.8 Å². The highest BCUT2D eigenvalue weighted by Crippen LogP contribution is 2.20. The first kappa shape index (κ1) is 13.4. The van der Waals surface area contributed by atoms with Crippen molar-refractivity contribution in [2.45, 2.75) is 44.4 Å². The summed E-state index contributed by atoms with van der Waals surface area (Å²) in [6.45, 7) is 1.65. The highest BCUT2D eigenvalue weighted by atomic mass is 16.5. The van der Waals surface area contributed by atoms with Crippen molar-refractivity contribution in [3.05, 3.63) is 0 Å². The Morgan fingerprint density at radius 1 is 1.41 bits per heavy atom. The zero-order valence-corrected chi connectivity index (χ0v) is 9.51. The van der Waals surface area contributed by atoms with Gasteiger partial charge in [-0.05, 0) is 19.8 Å². The quantitative estimate of drug-likeness (QED) is 0.573. The number of carboxylic acids is 1. The lowest BCUT2D eigenvalue weighted by Gasteiger charge is -2.16. The summed E-state index contributed by atoms with van der Waals surface area (Å²) in [6, 6.07) is -0.382. The molecule has 0 radical (unpaired) electrons. The minimum absolute atomic E-state index is 0.0425. The number of primary amides is 1. The number of carboxylic acid groups (broad SMARTS) is 1. The third-order valence-corrected chi connectivity index (χ3v) is 2.48. The number of carbonyl (C=O) groups is 3. The molecule has 1 saturated heterocycles. The highest BCUT2D eigenvalue weighted by molar-refractivity contribution is 5.83. The normalized spacial score (nSPS) is 25.2. The average molecular weight is 244 g/mol. The van der Waals surface area contributed by atoms with E-state index in [2.05, 4.69) is 5.32 Å². The van der Waals surface area contributed by atoms with Gasteiger partial charge in [0.15, 0.2) is 6.10 Å². The maximum absolute atomic E-state index is 11.6. The molecule has 17 heavy (non-hydrogen) atoms. The maximum atomic E-state index is 11.6. The van der Waals surface area contributed by atoms with Gasteiger partial charge in [0.25, 0.3) is 0 Å². The Kier molecular flexibility index (Phi) is 4.45. The van der Waals surface area contributed by atoms with Gasteiger partial charge in [-0.2, -0.15) is 0 Å². The molecule has 0 aliphatic carbocycles. The van der Waals surface area contributed by atoms with Gasteiger partial charge < -0.3 is 20.9 Å². The number of ether oxygens (including phenoxy) is 1. The summed E-state index contributed by atoms with van der Waals surface area (Å²) in [5.41, 5.74) is 4.99. The van der Waals surface area contributed by atoms with Crippen molar-refractivity contribution < 1.29 is 24.2 Å². The van der Waals surface area contributed by atoms with Crippen LogP contribution in [0, 0.1) is 0 Å². The number of aliphatic carboxylic acids is 1. The number of nitrogens with two attached hydrogens (primary N) is 1. The molecule has 7 nitrogen and oxygen atoms in total. The van der Waals surface area contributed by atoms with E-state index in [0.717, 1.165) is 0 Å². The van der Waals surface area contributed by atoms with E-state index in [4.69, 9.17) is 15.6 Å². The molecular weight excluding hydrogens is 228 g/mol. The van der Waals surface area contributed by atoms with E-state index >= 15 is 0 Å². The second kappa shape index (κ2) is 5.62. The molecule has 1 aliphatic rings. The summed E-state index contributed by atoms with van der Waals surface area (Å²) >= 11 is 0. The second-order valence-corrected chi connectivity index (χ2v) is 4.11. The van der Waals surface area contributed by atoms with Gasteiger partial charge in [-0.15, -0.1) is 0 Å². The van der Waals surface area contributed by atoms with Gasteiger partial charge in [-0.25, -0.2) is 4.79 Å². The molecule has 0 aromatic rings. The number of hydrogen-bond donors (Lipinski definition) is 3. The minimum atomic E-state index is -1.06. The fourth-order valence-corrected chi connectivity index (χ4v) is 1.70. The second-order valence-electron chi connectivity index (χ2n) is 4.11. The van der Waals surface area contributed by atoms with Gasteiger partial charge in [0.05, 0.1) is 0 Å². The molecule has 0 spiro atoms. The summed E-state index contributed by atoms with van der Waals surface area (Å²) in [4.78, 5) is 32.9. The van der Waals surface area contributed by atoms with Gasteiger partial charge in [0, 0.05) is 12.5 Å². The molecule has 1 aliphatic heterocycles. The van der Waals surface area contributed by atoms with Crippen LogP contribution in [0.1, 0.15) is 26.2 Å². The molecule has 1 unspecified atom stereocenters. The Hall–Kier alpha value is -1.63. The third kappa shape index (κ3) is 4.03. The minimum Gasteiger partial charge on any atom is -0.479 e. The van der Waals surface area contributed by atoms with Gasteiger partial charge in [0.1, 0.15) is 6.10 Å². The lowest BCUT2D eigenvalue weighted by atomic mass is 10.1. The van der Waals surface area contributed by atoms with Crippen LogP contribution >= 0.6 is 0 Å². The summed E-state index contributed by atoms with van der Waals surface area (Å²) < 4.78 is 5.06. The molecule has 1 heterocycles. The fourth-order valence-electron chi connectivity index (χ4n) is 1.70. The highest BCUT2D eigenvalue weighted by Gasteiger charge is 2.35. The zero-order valence-electron chi connectivity index (χ0n) is 9.51. The van der Waals surface area contributed by atoms with Crippen molar-refractivity contribution in [1.29, 1.82) is 0 Å². The number of rotatable bonds is 5. The monoisotopic (exact) mass is 244 g/mol. The molecule has 4 N–H and O–H groups in total. The molecule has 0 aromatic heterocycles. The molecule has 0 aromatic carbocycles.